The second kappa shape index (κ2) is 9.01. The van der Waals surface area contributed by atoms with Crippen molar-refractivity contribution in [2.75, 3.05) is 28.1 Å². The molecule has 0 bridgehead atoms. The monoisotopic (exact) mass is 477 g/mol. The Morgan fingerprint density at radius 2 is 1.91 bits per heavy atom. The Morgan fingerprint density at radius 1 is 1.21 bits per heavy atom. The smallest absolute Gasteiger partial charge is 0.261 e. The molecule has 33 heavy (non-hydrogen) atoms. The number of nitrogens with one attached hydrogen (secondary N) is 2. The van der Waals surface area contributed by atoms with Crippen molar-refractivity contribution in [3.8, 4) is 5.75 Å². The Hall–Kier alpha value is -3.14. The molecule has 0 saturated heterocycles. The van der Waals surface area contributed by atoms with Crippen LogP contribution in [0, 0.1) is 17.2 Å². The minimum Gasteiger partial charge on any atom is -0.490 e. The maximum Gasteiger partial charge on any atom is 0.261 e. The van der Waals surface area contributed by atoms with Crippen molar-refractivity contribution in [1.29, 1.82) is 0 Å². The molecule has 178 valence electrons. The third kappa shape index (κ3) is 5.44. The summed E-state index contributed by atoms with van der Waals surface area (Å²) in [7, 11) is -4.14. The summed E-state index contributed by atoms with van der Waals surface area (Å²) in [5, 5.41) is 2.29. The molecule has 0 saturated carbocycles. The first kappa shape index (κ1) is 24.5. The van der Waals surface area contributed by atoms with E-state index in [4.69, 9.17) is 4.74 Å². The van der Waals surface area contributed by atoms with Crippen LogP contribution in [0.2, 0.25) is 0 Å². The molecule has 1 heterocycles. The minimum atomic E-state index is -4.14. The molecular formula is C23H28FN3O5S. The molecule has 0 aromatic heterocycles. The number of fused-ring (bicyclic) bond motifs is 1. The molecule has 1 aliphatic heterocycles. The largest absolute Gasteiger partial charge is 0.490 e. The highest BCUT2D eigenvalue weighted by Crippen LogP contribution is 2.39. The van der Waals surface area contributed by atoms with Gasteiger partial charge in [0.15, 0.2) is 0 Å². The third-order valence-electron chi connectivity index (χ3n) is 5.02. The summed E-state index contributed by atoms with van der Waals surface area (Å²) in [6, 6.07) is 7.87. The number of halogens is 1. The van der Waals surface area contributed by atoms with E-state index in [0.29, 0.717) is 18.0 Å². The highest BCUT2D eigenvalue weighted by Gasteiger charge is 2.38. The van der Waals surface area contributed by atoms with Gasteiger partial charge in [-0.15, -0.1) is 0 Å². The maximum atomic E-state index is 14.3. The number of rotatable bonds is 6. The molecule has 2 aromatic carbocycles. The van der Waals surface area contributed by atoms with Gasteiger partial charge in [-0.2, -0.15) is 0 Å². The minimum absolute atomic E-state index is 0.117. The predicted octanol–water partition coefficient (Wildman–Crippen LogP) is 3.99. The number of amides is 2. The molecule has 2 N–H and O–H groups in total. The van der Waals surface area contributed by atoms with Gasteiger partial charge in [-0.3, -0.25) is 14.3 Å². The molecule has 0 radical (unpaired) electrons. The van der Waals surface area contributed by atoms with Gasteiger partial charge >= 0.3 is 0 Å². The van der Waals surface area contributed by atoms with E-state index < -0.39 is 27.2 Å². The number of hydrogen-bond acceptors (Lipinski definition) is 5. The fraction of sp³-hybridized carbons (Fsp3) is 0.391. The van der Waals surface area contributed by atoms with E-state index in [0.717, 1.165) is 6.07 Å². The summed E-state index contributed by atoms with van der Waals surface area (Å²) in [4.78, 5) is 25.6. The average Bonchev–Trinajstić information content (AvgIpc) is 2.79. The summed E-state index contributed by atoms with van der Waals surface area (Å²) in [5.74, 6) is -0.826. The van der Waals surface area contributed by atoms with Gasteiger partial charge in [-0.1, -0.05) is 13.8 Å². The van der Waals surface area contributed by atoms with Crippen LogP contribution >= 0.6 is 0 Å². The zero-order valence-corrected chi connectivity index (χ0v) is 20.0. The number of sulfonamides is 1. The fourth-order valence-electron chi connectivity index (χ4n) is 3.42. The van der Waals surface area contributed by atoms with E-state index in [-0.39, 0.29) is 34.7 Å². The number of hydrogen-bond donors (Lipinski definition) is 2. The lowest BCUT2D eigenvalue weighted by Crippen LogP contribution is -2.43. The summed E-state index contributed by atoms with van der Waals surface area (Å²) in [6.45, 7) is 9.43. The van der Waals surface area contributed by atoms with E-state index in [9.17, 15) is 22.4 Å². The number of ether oxygens (including phenoxy) is 1. The number of benzene rings is 2. The quantitative estimate of drug-likeness (QED) is 0.655. The van der Waals surface area contributed by atoms with Crippen LogP contribution in [0.3, 0.4) is 0 Å². The van der Waals surface area contributed by atoms with E-state index in [1.165, 1.54) is 31.2 Å². The van der Waals surface area contributed by atoms with E-state index in [2.05, 4.69) is 10.0 Å². The molecule has 10 heteroatoms. The fourth-order valence-corrected chi connectivity index (χ4v) is 4.48. The van der Waals surface area contributed by atoms with Crippen molar-refractivity contribution in [2.24, 2.45) is 11.3 Å². The van der Waals surface area contributed by atoms with Crippen LogP contribution in [0.4, 0.5) is 21.5 Å². The molecule has 0 atom stereocenters. The first-order chi connectivity index (χ1) is 15.3. The number of carbonyl (C=O) groups excluding carboxylic acids is 2. The number of carbonyl (C=O) groups is 2. The Labute approximate surface area is 193 Å². The van der Waals surface area contributed by atoms with Crippen LogP contribution in [0.15, 0.2) is 41.3 Å². The van der Waals surface area contributed by atoms with Crippen LogP contribution in [0.5, 0.6) is 5.75 Å². The van der Waals surface area contributed by atoms with Crippen LogP contribution in [0.1, 0.15) is 34.6 Å². The Balaban J connectivity index is 1.95. The molecule has 2 aromatic rings. The molecule has 0 spiro atoms. The standard InChI is InChI=1S/C23H28FN3O5S/c1-14(2)12-27-20-10-16(6-9-21(20)32-13-23(4,5)22(27)29)26-33(30,31)17-7-8-19(18(24)11-17)25-15(3)28/h6-11,14,26H,12-13H2,1-5H3,(H,25,28). The van der Waals surface area contributed by atoms with Crippen LogP contribution in [-0.4, -0.2) is 33.4 Å². The number of nitrogens with zero attached hydrogens (tertiary/aromatic N) is 1. The van der Waals surface area contributed by atoms with E-state index >= 15 is 0 Å². The van der Waals surface area contributed by atoms with Crippen molar-refractivity contribution in [2.45, 2.75) is 39.5 Å². The van der Waals surface area contributed by atoms with Gasteiger partial charge < -0.3 is 15.0 Å². The van der Waals surface area contributed by atoms with Crippen LogP contribution in [-0.2, 0) is 19.6 Å². The molecular weight excluding hydrogens is 449 g/mol. The molecule has 3 rings (SSSR count). The molecule has 2 amide bonds. The summed E-state index contributed by atoms with van der Waals surface area (Å²) in [5.41, 5.74) is -0.202. The van der Waals surface area contributed by atoms with Crippen molar-refractivity contribution in [3.05, 3.63) is 42.2 Å². The second-order valence-electron chi connectivity index (χ2n) is 9.09. The van der Waals surface area contributed by atoms with Gasteiger partial charge in [0.05, 0.1) is 27.4 Å². The third-order valence-corrected chi connectivity index (χ3v) is 6.40. The highest BCUT2D eigenvalue weighted by molar-refractivity contribution is 7.92. The summed E-state index contributed by atoms with van der Waals surface area (Å²) in [6.07, 6.45) is 0. The molecule has 0 unspecified atom stereocenters. The van der Waals surface area contributed by atoms with Crippen LogP contribution in [0.25, 0.3) is 0 Å². The Morgan fingerprint density at radius 3 is 2.52 bits per heavy atom. The SMILES string of the molecule is CC(=O)Nc1ccc(S(=O)(=O)Nc2ccc3c(c2)N(CC(C)C)C(=O)C(C)(C)CO3)cc1F. The predicted molar refractivity (Wildman–Crippen MR) is 124 cm³/mol. The zero-order chi connectivity index (χ0) is 24.6. The van der Waals surface area contributed by atoms with Gasteiger partial charge in [0.2, 0.25) is 11.8 Å². The van der Waals surface area contributed by atoms with Gasteiger partial charge in [-0.05, 0) is 56.2 Å². The van der Waals surface area contributed by atoms with Gasteiger partial charge in [0.1, 0.15) is 18.2 Å². The lowest BCUT2D eigenvalue weighted by atomic mass is 9.92. The molecule has 0 aliphatic carbocycles. The summed E-state index contributed by atoms with van der Waals surface area (Å²) < 4.78 is 48.3. The lowest BCUT2D eigenvalue weighted by molar-refractivity contribution is -0.127. The van der Waals surface area contributed by atoms with Crippen LogP contribution < -0.4 is 19.7 Å². The van der Waals surface area contributed by atoms with Crippen molar-refractivity contribution < 1.29 is 27.1 Å². The first-order valence-electron chi connectivity index (χ1n) is 10.5. The van der Waals surface area contributed by atoms with E-state index in [1.54, 1.807) is 24.8 Å². The molecule has 0 fully saturated rings. The highest BCUT2D eigenvalue weighted by atomic mass is 32.2. The Bertz CT molecular complexity index is 1190. The van der Waals surface area contributed by atoms with Crippen molar-refractivity contribution >= 4 is 38.9 Å². The van der Waals surface area contributed by atoms with Crippen molar-refractivity contribution in [1.82, 2.24) is 0 Å². The maximum absolute atomic E-state index is 14.3. The van der Waals surface area contributed by atoms with E-state index in [1.807, 2.05) is 13.8 Å². The normalized spacial score (nSPS) is 15.5. The number of anilines is 3. The topological polar surface area (TPSA) is 105 Å². The summed E-state index contributed by atoms with van der Waals surface area (Å²) >= 11 is 0. The molecule has 8 nitrogen and oxygen atoms in total. The van der Waals surface area contributed by atoms with Gasteiger partial charge in [0, 0.05) is 13.5 Å². The lowest BCUT2D eigenvalue weighted by Gasteiger charge is -2.29. The first-order valence-corrected chi connectivity index (χ1v) is 12.0. The second-order valence-corrected chi connectivity index (χ2v) is 10.8. The average molecular weight is 478 g/mol. The van der Waals surface area contributed by atoms with Gasteiger partial charge in [-0.25, -0.2) is 12.8 Å². The van der Waals surface area contributed by atoms with Crippen molar-refractivity contribution in [3.63, 3.8) is 0 Å². The Kier molecular flexibility index (Phi) is 6.69. The molecule has 1 aliphatic rings. The zero-order valence-electron chi connectivity index (χ0n) is 19.2. The van der Waals surface area contributed by atoms with Gasteiger partial charge in [0.25, 0.3) is 10.0 Å².